The smallest absolute Gasteiger partial charge is 0.349 e. The second kappa shape index (κ2) is 6.80. The van der Waals surface area contributed by atoms with Crippen LogP contribution in [-0.2, 0) is 17.9 Å². The number of hydrogen-bond donors (Lipinski definition) is 2. The van der Waals surface area contributed by atoms with Gasteiger partial charge in [0, 0.05) is 12.5 Å². The molecule has 0 aromatic carbocycles. The zero-order valence-corrected chi connectivity index (χ0v) is 13.1. The highest BCUT2D eigenvalue weighted by Crippen LogP contribution is 2.41. The fourth-order valence-corrected chi connectivity index (χ4v) is 3.23. The summed E-state index contributed by atoms with van der Waals surface area (Å²) in [6, 6.07) is 0. The van der Waals surface area contributed by atoms with E-state index in [1.165, 1.54) is 0 Å². The number of hydrogen-bond acceptors (Lipinski definition) is 3. The van der Waals surface area contributed by atoms with E-state index >= 15 is 0 Å². The van der Waals surface area contributed by atoms with Crippen molar-refractivity contribution >= 4 is 18.1 Å². The predicted octanol–water partition coefficient (Wildman–Crippen LogP) is 2.95. The lowest BCUT2D eigenvalue weighted by Gasteiger charge is -2.31. The molecular formula is C13H19F3N4OS. The van der Waals surface area contributed by atoms with Gasteiger partial charge in [-0.1, -0.05) is 12.8 Å². The molecule has 0 spiro atoms. The van der Waals surface area contributed by atoms with E-state index in [0.717, 1.165) is 0 Å². The van der Waals surface area contributed by atoms with Gasteiger partial charge in [-0.15, -0.1) is 0 Å². The maximum Gasteiger partial charge on any atom is 0.392 e. The van der Waals surface area contributed by atoms with Crippen LogP contribution in [0.25, 0.3) is 0 Å². The summed E-state index contributed by atoms with van der Waals surface area (Å²) in [6.07, 6.45) is -2.86. The minimum absolute atomic E-state index is 0.0231. The normalized spacial score (nSPS) is 22.5. The fraction of sp³-hybridized carbons (Fsp3) is 0.769. The monoisotopic (exact) mass is 336 g/mol. The molecule has 1 amide bonds. The number of nitrogens with zero attached hydrogens (tertiary/aromatic N) is 2. The number of carbonyl (C=O) groups is 1. The molecule has 124 valence electrons. The third-order valence-corrected chi connectivity index (χ3v) is 4.41. The van der Waals surface area contributed by atoms with E-state index in [-0.39, 0.29) is 19.4 Å². The van der Waals surface area contributed by atoms with Crippen LogP contribution in [0, 0.1) is 16.6 Å². The molecule has 1 fully saturated rings. The second-order valence-electron chi connectivity index (χ2n) is 5.45. The van der Waals surface area contributed by atoms with Crippen molar-refractivity contribution in [1.29, 1.82) is 0 Å². The quantitative estimate of drug-likeness (QED) is 0.831. The number of halogens is 3. The van der Waals surface area contributed by atoms with E-state index in [0.29, 0.717) is 30.0 Å². The Morgan fingerprint density at radius 3 is 2.77 bits per heavy atom. The molecule has 2 rings (SSSR count). The minimum atomic E-state index is -4.33. The largest absolute Gasteiger partial charge is 0.392 e. The molecule has 1 aromatic rings. The van der Waals surface area contributed by atoms with Gasteiger partial charge in [-0.3, -0.25) is 9.89 Å². The average Bonchev–Trinajstić information content (AvgIpc) is 2.84. The molecule has 0 aliphatic heterocycles. The highest BCUT2D eigenvalue weighted by atomic mass is 32.1. The van der Waals surface area contributed by atoms with Crippen LogP contribution in [0.5, 0.6) is 0 Å². The summed E-state index contributed by atoms with van der Waals surface area (Å²) in [5.41, 5.74) is 0. The lowest BCUT2D eigenvalue weighted by atomic mass is 9.78. The number of H-pyrrole nitrogens is 1. The molecule has 1 aliphatic carbocycles. The lowest BCUT2D eigenvalue weighted by molar-refractivity contribution is -0.198. The Hall–Kier alpha value is -1.38. The van der Waals surface area contributed by atoms with E-state index in [1.54, 1.807) is 4.57 Å². The Labute approximate surface area is 131 Å². The molecule has 0 unspecified atom stereocenters. The second-order valence-corrected chi connectivity index (χ2v) is 5.83. The van der Waals surface area contributed by atoms with Gasteiger partial charge in [0.15, 0.2) is 10.6 Å². The van der Waals surface area contributed by atoms with Gasteiger partial charge in [-0.05, 0) is 32.0 Å². The summed E-state index contributed by atoms with van der Waals surface area (Å²) < 4.78 is 41.2. The maximum atomic E-state index is 13.0. The Morgan fingerprint density at radius 1 is 1.45 bits per heavy atom. The first kappa shape index (κ1) is 17.0. The van der Waals surface area contributed by atoms with Crippen molar-refractivity contribution in [2.45, 2.75) is 51.9 Å². The van der Waals surface area contributed by atoms with Crippen LogP contribution in [0.2, 0.25) is 0 Å². The van der Waals surface area contributed by atoms with Gasteiger partial charge < -0.3 is 9.88 Å². The van der Waals surface area contributed by atoms with Crippen LogP contribution < -0.4 is 5.32 Å². The van der Waals surface area contributed by atoms with Gasteiger partial charge in [0.05, 0.1) is 12.5 Å². The molecule has 2 N–H and O–H groups in total. The standard InChI is InChI=1S/C13H19F3N4OS/c1-2-20-10(18-19-12(20)22)7-17-11(21)8-5-3-4-6-9(8)13(14,15)16/h8-9H,2-7H2,1H3,(H,17,21)(H,19,22)/t8-,9+/m1/s1. The van der Waals surface area contributed by atoms with Gasteiger partial charge in [0.25, 0.3) is 0 Å². The molecule has 1 aliphatic rings. The van der Waals surface area contributed by atoms with E-state index in [4.69, 9.17) is 12.2 Å². The number of rotatable bonds is 4. The highest BCUT2D eigenvalue weighted by molar-refractivity contribution is 7.71. The van der Waals surface area contributed by atoms with Gasteiger partial charge in [0.1, 0.15) is 0 Å². The first-order valence-corrected chi connectivity index (χ1v) is 7.74. The van der Waals surface area contributed by atoms with E-state index in [1.807, 2.05) is 6.92 Å². The van der Waals surface area contributed by atoms with Crippen molar-refractivity contribution in [3.63, 3.8) is 0 Å². The molecule has 22 heavy (non-hydrogen) atoms. The summed E-state index contributed by atoms with van der Waals surface area (Å²) in [4.78, 5) is 12.2. The molecule has 1 saturated carbocycles. The average molecular weight is 336 g/mol. The molecule has 0 radical (unpaired) electrons. The summed E-state index contributed by atoms with van der Waals surface area (Å²) in [6.45, 7) is 2.52. The Kier molecular flexibility index (Phi) is 5.25. The van der Waals surface area contributed by atoms with E-state index in [2.05, 4.69) is 15.5 Å². The van der Waals surface area contributed by atoms with Gasteiger partial charge in [-0.25, -0.2) is 0 Å². The number of alkyl halides is 3. The van der Waals surface area contributed by atoms with Crippen LogP contribution in [0.4, 0.5) is 13.2 Å². The zero-order chi connectivity index (χ0) is 16.3. The van der Waals surface area contributed by atoms with Crippen LogP contribution in [0.15, 0.2) is 0 Å². The fourth-order valence-electron chi connectivity index (χ4n) is 2.95. The third kappa shape index (κ3) is 3.68. The number of aromatic nitrogens is 3. The van der Waals surface area contributed by atoms with Crippen molar-refractivity contribution in [3.05, 3.63) is 10.6 Å². The van der Waals surface area contributed by atoms with Crippen LogP contribution >= 0.6 is 12.2 Å². The highest BCUT2D eigenvalue weighted by Gasteiger charge is 2.47. The molecule has 0 bridgehead atoms. The van der Waals surface area contributed by atoms with Crippen LogP contribution in [-0.4, -0.2) is 26.8 Å². The number of amides is 1. The lowest BCUT2D eigenvalue weighted by Crippen LogP contribution is -2.42. The van der Waals surface area contributed by atoms with E-state index in [9.17, 15) is 18.0 Å². The number of nitrogens with one attached hydrogen (secondary N) is 2. The van der Waals surface area contributed by atoms with E-state index < -0.39 is 23.9 Å². The predicted molar refractivity (Wildman–Crippen MR) is 76.4 cm³/mol. The van der Waals surface area contributed by atoms with Gasteiger partial charge in [0.2, 0.25) is 5.91 Å². The Bertz CT molecular complexity index is 581. The van der Waals surface area contributed by atoms with Crippen molar-refractivity contribution in [2.24, 2.45) is 11.8 Å². The molecule has 1 aromatic heterocycles. The Balaban J connectivity index is 2.03. The summed E-state index contributed by atoms with van der Waals surface area (Å²) >= 11 is 5.03. The van der Waals surface area contributed by atoms with Gasteiger partial charge >= 0.3 is 6.18 Å². The topological polar surface area (TPSA) is 62.7 Å². The molecule has 0 saturated heterocycles. The SMILES string of the molecule is CCn1c(CNC(=O)[C@@H]2CCCC[C@@H]2C(F)(F)F)n[nH]c1=S. The van der Waals surface area contributed by atoms with Crippen molar-refractivity contribution in [1.82, 2.24) is 20.1 Å². The third-order valence-electron chi connectivity index (χ3n) is 4.10. The molecule has 2 atom stereocenters. The maximum absolute atomic E-state index is 13.0. The molecule has 5 nitrogen and oxygen atoms in total. The van der Waals surface area contributed by atoms with Crippen LogP contribution in [0.1, 0.15) is 38.4 Å². The number of carbonyl (C=O) groups excluding carboxylic acids is 1. The zero-order valence-electron chi connectivity index (χ0n) is 12.2. The first-order chi connectivity index (χ1) is 10.3. The van der Waals surface area contributed by atoms with Crippen molar-refractivity contribution in [2.75, 3.05) is 0 Å². The molecular weight excluding hydrogens is 317 g/mol. The Morgan fingerprint density at radius 2 is 2.14 bits per heavy atom. The van der Waals surface area contributed by atoms with Crippen LogP contribution in [0.3, 0.4) is 0 Å². The summed E-state index contributed by atoms with van der Waals surface area (Å²) in [5.74, 6) is -2.60. The van der Waals surface area contributed by atoms with Crippen molar-refractivity contribution < 1.29 is 18.0 Å². The summed E-state index contributed by atoms with van der Waals surface area (Å²) in [5, 5.41) is 9.16. The first-order valence-electron chi connectivity index (χ1n) is 7.33. The van der Waals surface area contributed by atoms with Gasteiger partial charge in [-0.2, -0.15) is 18.3 Å². The molecule has 9 heteroatoms. The number of aromatic amines is 1. The summed E-state index contributed by atoms with van der Waals surface area (Å²) in [7, 11) is 0. The minimum Gasteiger partial charge on any atom is -0.349 e. The molecule has 1 heterocycles. The van der Waals surface area contributed by atoms with Crippen molar-refractivity contribution in [3.8, 4) is 0 Å².